The molecule has 1 aromatic heterocycles. The molecule has 3 aromatic carbocycles. The molecule has 1 amide bonds. The van der Waals surface area contributed by atoms with Crippen molar-refractivity contribution in [3.05, 3.63) is 83.4 Å². The highest BCUT2D eigenvalue weighted by Gasteiger charge is 2.25. The van der Waals surface area contributed by atoms with Gasteiger partial charge in [0.15, 0.2) is 5.13 Å². The van der Waals surface area contributed by atoms with Crippen LogP contribution in [0.1, 0.15) is 27.9 Å². The van der Waals surface area contributed by atoms with Crippen molar-refractivity contribution in [2.45, 2.75) is 25.2 Å². The Morgan fingerprint density at radius 1 is 0.944 bits per heavy atom. The van der Waals surface area contributed by atoms with Crippen molar-refractivity contribution < 1.29 is 13.2 Å². The third kappa shape index (κ3) is 5.75. The average Bonchev–Trinajstić information content (AvgIpc) is 3.24. The van der Waals surface area contributed by atoms with Crippen LogP contribution in [0.2, 0.25) is 0 Å². The topological polar surface area (TPSA) is 82.6 Å². The number of benzene rings is 3. The van der Waals surface area contributed by atoms with Crippen molar-refractivity contribution in [1.29, 1.82) is 0 Å². The highest BCUT2D eigenvalue weighted by molar-refractivity contribution is 7.92. The predicted molar refractivity (Wildman–Crippen MR) is 148 cm³/mol. The van der Waals surface area contributed by atoms with Gasteiger partial charge in [0.05, 0.1) is 26.4 Å². The molecular formula is C27H30N4O3S2. The van der Waals surface area contributed by atoms with E-state index in [1.54, 1.807) is 47.4 Å². The second-order valence-corrected chi connectivity index (χ2v) is 11.7. The SMILES string of the molecule is Cc1cc2nc(N(CCCN(C)C)C(=O)c3ccccc3NS(=O)(=O)c3ccccc3)sc2cc1C. The van der Waals surface area contributed by atoms with Crippen LogP contribution in [0.25, 0.3) is 10.2 Å². The van der Waals surface area contributed by atoms with Crippen LogP contribution >= 0.6 is 11.3 Å². The molecule has 1 heterocycles. The molecule has 4 rings (SSSR count). The maximum Gasteiger partial charge on any atom is 0.262 e. The summed E-state index contributed by atoms with van der Waals surface area (Å²) in [5, 5.41) is 0.597. The van der Waals surface area contributed by atoms with Gasteiger partial charge in [-0.3, -0.25) is 14.4 Å². The van der Waals surface area contributed by atoms with Crippen LogP contribution in [0.5, 0.6) is 0 Å². The van der Waals surface area contributed by atoms with Crippen LogP contribution in [0.3, 0.4) is 0 Å². The first-order chi connectivity index (χ1) is 17.2. The van der Waals surface area contributed by atoms with Gasteiger partial charge in [0.2, 0.25) is 0 Å². The van der Waals surface area contributed by atoms with E-state index < -0.39 is 10.0 Å². The van der Waals surface area contributed by atoms with Crippen LogP contribution in [0.4, 0.5) is 10.8 Å². The molecule has 0 saturated carbocycles. The fraction of sp³-hybridized carbons (Fsp3) is 0.259. The number of nitrogens with one attached hydrogen (secondary N) is 1. The molecule has 188 valence electrons. The summed E-state index contributed by atoms with van der Waals surface area (Å²) in [5.74, 6) is -0.299. The number of nitrogens with zero attached hydrogens (tertiary/aromatic N) is 3. The molecule has 0 atom stereocenters. The zero-order valence-corrected chi connectivity index (χ0v) is 22.5. The average molecular weight is 523 g/mol. The number of sulfonamides is 1. The highest BCUT2D eigenvalue weighted by Crippen LogP contribution is 2.33. The minimum Gasteiger partial charge on any atom is -0.309 e. The largest absolute Gasteiger partial charge is 0.309 e. The van der Waals surface area contributed by atoms with Gasteiger partial charge in [0.1, 0.15) is 0 Å². The molecule has 4 aromatic rings. The van der Waals surface area contributed by atoms with Gasteiger partial charge in [-0.05, 0) is 88.4 Å². The number of hydrogen-bond donors (Lipinski definition) is 1. The lowest BCUT2D eigenvalue weighted by Crippen LogP contribution is -2.34. The van der Waals surface area contributed by atoms with E-state index in [1.165, 1.54) is 29.0 Å². The first-order valence-corrected chi connectivity index (χ1v) is 14.0. The molecule has 0 fully saturated rings. The number of aromatic nitrogens is 1. The number of thiazole rings is 1. The van der Waals surface area contributed by atoms with E-state index in [0.717, 1.165) is 28.7 Å². The van der Waals surface area contributed by atoms with Crippen LogP contribution in [-0.2, 0) is 10.0 Å². The smallest absolute Gasteiger partial charge is 0.262 e. The second kappa shape index (κ2) is 10.8. The van der Waals surface area contributed by atoms with Gasteiger partial charge in [-0.1, -0.05) is 41.7 Å². The Morgan fingerprint density at radius 2 is 1.61 bits per heavy atom. The quantitative estimate of drug-likeness (QED) is 0.322. The van der Waals surface area contributed by atoms with Gasteiger partial charge >= 0.3 is 0 Å². The van der Waals surface area contributed by atoms with Crippen LogP contribution in [0.15, 0.2) is 71.6 Å². The van der Waals surface area contributed by atoms with Gasteiger partial charge in [0, 0.05) is 6.54 Å². The van der Waals surface area contributed by atoms with Crippen molar-refractivity contribution in [3.63, 3.8) is 0 Å². The number of para-hydroxylation sites is 1. The third-order valence-electron chi connectivity index (χ3n) is 5.91. The number of fused-ring (bicyclic) bond motifs is 1. The molecule has 7 nitrogen and oxygen atoms in total. The summed E-state index contributed by atoms with van der Waals surface area (Å²) in [4.78, 5) is 22.6. The lowest BCUT2D eigenvalue weighted by molar-refractivity contribution is 0.0987. The number of aryl methyl sites for hydroxylation is 2. The molecule has 0 saturated heterocycles. The minimum atomic E-state index is -3.86. The second-order valence-electron chi connectivity index (χ2n) is 8.98. The van der Waals surface area contributed by atoms with Crippen molar-refractivity contribution >= 4 is 48.3 Å². The lowest BCUT2D eigenvalue weighted by Gasteiger charge is -2.22. The van der Waals surface area contributed by atoms with E-state index in [2.05, 4.69) is 22.6 Å². The summed E-state index contributed by atoms with van der Waals surface area (Å²) < 4.78 is 29.6. The monoisotopic (exact) mass is 522 g/mol. The molecule has 0 aliphatic rings. The van der Waals surface area contributed by atoms with E-state index in [4.69, 9.17) is 4.98 Å². The summed E-state index contributed by atoms with van der Waals surface area (Å²) in [6.07, 6.45) is 0.741. The zero-order chi connectivity index (χ0) is 25.9. The van der Waals surface area contributed by atoms with Gasteiger partial charge in [-0.2, -0.15) is 0 Å². The van der Waals surface area contributed by atoms with Crippen molar-refractivity contribution in [3.8, 4) is 0 Å². The van der Waals surface area contributed by atoms with E-state index in [9.17, 15) is 13.2 Å². The number of rotatable bonds is 9. The molecule has 0 unspecified atom stereocenters. The first-order valence-electron chi connectivity index (χ1n) is 11.7. The van der Waals surface area contributed by atoms with Crippen LogP contribution in [0, 0.1) is 13.8 Å². The zero-order valence-electron chi connectivity index (χ0n) is 20.9. The van der Waals surface area contributed by atoms with Crippen molar-refractivity contribution in [2.75, 3.05) is 36.8 Å². The third-order valence-corrected chi connectivity index (χ3v) is 8.33. The molecule has 1 N–H and O–H groups in total. The molecule has 0 aliphatic heterocycles. The van der Waals surface area contributed by atoms with E-state index in [1.807, 2.05) is 27.1 Å². The maximum atomic E-state index is 13.9. The van der Waals surface area contributed by atoms with Crippen LogP contribution < -0.4 is 9.62 Å². The summed E-state index contributed by atoms with van der Waals surface area (Å²) >= 11 is 1.47. The summed E-state index contributed by atoms with van der Waals surface area (Å²) in [5.41, 5.74) is 3.67. The van der Waals surface area contributed by atoms with Gasteiger partial charge in [-0.25, -0.2) is 13.4 Å². The standard InChI is InChI=1S/C27H30N4O3S2/c1-19-17-24-25(18-20(19)2)35-27(28-24)31(16-10-15-30(3)4)26(32)22-13-8-9-14-23(22)29-36(33,34)21-11-6-5-7-12-21/h5-9,11-14,17-18,29H,10,15-16H2,1-4H3. The van der Waals surface area contributed by atoms with Gasteiger partial charge in [-0.15, -0.1) is 0 Å². The molecule has 0 aliphatic carbocycles. The highest BCUT2D eigenvalue weighted by atomic mass is 32.2. The fourth-order valence-corrected chi connectivity index (χ4v) is 5.99. The Morgan fingerprint density at radius 3 is 2.33 bits per heavy atom. The van der Waals surface area contributed by atoms with E-state index in [0.29, 0.717) is 11.7 Å². The van der Waals surface area contributed by atoms with E-state index >= 15 is 0 Å². The van der Waals surface area contributed by atoms with E-state index in [-0.39, 0.29) is 22.1 Å². The predicted octanol–water partition coefficient (Wildman–Crippen LogP) is 5.31. The minimum absolute atomic E-state index is 0.131. The van der Waals surface area contributed by atoms with Crippen molar-refractivity contribution in [1.82, 2.24) is 9.88 Å². The molecule has 0 bridgehead atoms. The van der Waals surface area contributed by atoms with Gasteiger partial charge in [0.25, 0.3) is 15.9 Å². The molecule has 0 spiro atoms. The van der Waals surface area contributed by atoms with Crippen molar-refractivity contribution in [2.24, 2.45) is 0 Å². The number of carbonyl (C=O) groups excluding carboxylic acids is 1. The molecule has 9 heteroatoms. The molecule has 0 radical (unpaired) electrons. The Hall–Kier alpha value is -3.27. The fourth-order valence-electron chi connectivity index (χ4n) is 3.82. The number of carbonyl (C=O) groups is 1. The first kappa shape index (κ1) is 25.8. The normalized spacial score (nSPS) is 11.7. The lowest BCUT2D eigenvalue weighted by atomic mass is 10.1. The molecule has 36 heavy (non-hydrogen) atoms. The summed E-state index contributed by atoms with van der Waals surface area (Å²) in [6.45, 7) is 5.36. The van der Waals surface area contributed by atoms with Crippen LogP contribution in [-0.4, -0.2) is 51.4 Å². The maximum absolute atomic E-state index is 13.9. The Bertz CT molecular complexity index is 1440. The number of amides is 1. The molecular weight excluding hydrogens is 492 g/mol. The Balaban J connectivity index is 1.71. The van der Waals surface area contributed by atoms with Gasteiger partial charge < -0.3 is 4.90 Å². The summed E-state index contributed by atoms with van der Waals surface area (Å²) in [7, 11) is 0.120. The Labute approximate surface area is 216 Å². The number of anilines is 2. The number of hydrogen-bond acceptors (Lipinski definition) is 6. The summed E-state index contributed by atoms with van der Waals surface area (Å²) in [6, 6.07) is 18.9. The Kier molecular flexibility index (Phi) is 7.73.